The van der Waals surface area contributed by atoms with Crippen LogP contribution in [0, 0.1) is 0 Å². The summed E-state index contributed by atoms with van der Waals surface area (Å²) in [7, 11) is 1.76. The van der Waals surface area contributed by atoms with Gasteiger partial charge in [-0.05, 0) is 42.2 Å². The molecular weight excluding hydrogens is 366 g/mol. The molecule has 1 aliphatic heterocycles. The van der Waals surface area contributed by atoms with Crippen molar-refractivity contribution in [3.63, 3.8) is 0 Å². The van der Waals surface area contributed by atoms with Crippen molar-refractivity contribution in [2.75, 3.05) is 12.4 Å². The van der Waals surface area contributed by atoms with E-state index < -0.39 is 0 Å². The number of anilines is 1. The molecule has 1 aromatic carbocycles. The van der Waals surface area contributed by atoms with Gasteiger partial charge in [-0.25, -0.2) is 4.98 Å². The molecule has 6 heteroatoms. The van der Waals surface area contributed by atoms with Crippen LogP contribution in [-0.2, 0) is 29.0 Å². The Labute approximate surface area is 169 Å². The Hall–Kier alpha value is -3.41. The number of nitrogens with zero attached hydrogens (tertiary/aromatic N) is 2. The lowest BCUT2D eigenvalue weighted by Gasteiger charge is -2.16. The largest absolute Gasteiger partial charge is 0.459 e. The number of rotatable bonds is 5. The maximum Gasteiger partial charge on any atom is 0.246 e. The highest BCUT2D eigenvalue weighted by atomic mass is 16.3. The Balaban J connectivity index is 1.47. The molecular formula is C23H23N3O3. The molecule has 0 bridgehead atoms. The number of furan rings is 1. The van der Waals surface area contributed by atoms with Crippen molar-refractivity contribution in [2.24, 2.45) is 0 Å². The molecule has 3 aromatic rings. The van der Waals surface area contributed by atoms with Crippen LogP contribution in [0.4, 0.5) is 5.82 Å². The molecule has 1 N–H and O–H groups in total. The molecule has 0 saturated heterocycles. The quantitative estimate of drug-likeness (QED) is 0.671. The first-order valence-corrected chi connectivity index (χ1v) is 9.76. The molecule has 0 saturated carbocycles. The van der Waals surface area contributed by atoms with Gasteiger partial charge in [-0.15, -0.1) is 0 Å². The van der Waals surface area contributed by atoms with Crippen molar-refractivity contribution in [1.82, 2.24) is 9.88 Å². The number of hydrogen-bond acceptors (Lipinski definition) is 4. The van der Waals surface area contributed by atoms with Gasteiger partial charge in [-0.1, -0.05) is 25.1 Å². The fourth-order valence-corrected chi connectivity index (χ4v) is 3.62. The smallest absolute Gasteiger partial charge is 0.246 e. The highest BCUT2D eigenvalue weighted by Crippen LogP contribution is 2.27. The Bertz CT molecular complexity index is 1110. The maximum absolute atomic E-state index is 12.6. The van der Waals surface area contributed by atoms with Crippen LogP contribution in [0.1, 0.15) is 35.8 Å². The Morgan fingerprint density at radius 1 is 1.31 bits per heavy atom. The van der Waals surface area contributed by atoms with Crippen LogP contribution < -0.4 is 5.32 Å². The van der Waals surface area contributed by atoms with Gasteiger partial charge >= 0.3 is 0 Å². The monoisotopic (exact) mass is 389 g/mol. The molecule has 0 atom stereocenters. The van der Waals surface area contributed by atoms with Gasteiger partial charge in [0.05, 0.1) is 6.54 Å². The molecule has 4 rings (SSSR count). The first kappa shape index (κ1) is 18.9. The predicted molar refractivity (Wildman–Crippen MR) is 112 cm³/mol. The first-order valence-electron chi connectivity index (χ1n) is 9.76. The highest BCUT2D eigenvalue weighted by Gasteiger charge is 2.17. The minimum Gasteiger partial charge on any atom is -0.459 e. The second-order valence-electron chi connectivity index (χ2n) is 7.21. The first-order chi connectivity index (χ1) is 14.0. The van der Waals surface area contributed by atoms with Gasteiger partial charge in [0, 0.05) is 36.7 Å². The van der Waals surface area contributed by atoms with E-state index in [0.717, 1.165) is 39.8 Å². The summed E-state index contributed by atoms with van der Waals surface area (Å²) in [5.74, 6) is 1.31. The lowest BCUT2D eigenvalue weighted by atomic mass is 10.0. The molecule has 2 aromatic heterocycles. The molecule has 0 radical (unpaired) electrons. The second kappa shape index (κ2) is 7.91. The maximum atomic E-state index is 12.6. The summed E-state index contributed by atoms with van der Waals surface area (Å²) in [5.41, 5.74) is 3.81. The molecule has 6 nitrogen and oxygen atoms in total. The number of aromatic nitrogens is 1. The number of pyridine rings is 1. The summed E-state index contributed by atoms with van der Waals surface area (Å²) >= 11 is 0. The zero-order valence-corrected chi connectivity index (χ0v) is 16.6. The molecule has 0 unspecified atom stereocenters. The van der Waals surface area contributed by atoms with Crippen molar-refractivity contribution >= 4 is 34.7 Å². The van der Waals surface area contributed by atoms with Gasteiger partial charge in [0.25, 0.3) is 0 Å². The molecule has 2 amide bonds. The SMILES string of the molecule is CCc1c(CN(C)C(=O)/C=C/c2cnc3c(c2)CCC(=O)N3)oc2ccccc12. The number of carbonyl (C=O) groups excluding carboxylic acids is 2. The molecule has 3 heterocycles. The number of likely N-dealkylation sites (N-methyl/N-ethyl adjacent to an activating group) is 1. The number of hydrogen-bond donors (Lipinski definition) is 1. The van der Waals surface area contributed by atoms with E-state index in [2.05, 4.69) is 23.3 Å². The molecule has 1 aliphatic rings. The molecule has 0 aliphatic carbocycles. The van der Waals surface area contributed by atoms with Crippen LogP contribution in [0.15, 0.2) is 47.0 Å². The van der Waals surface area contributed by atoms with Crippen LogP contribution >= 0.6 is 0 Å². The summed E-state index contributed by atoms with van der Waals surface area (Å²) < 4.78 is 5.98. The minimum absolute atomic E-state index is 0.0119. The van der Waals surface area contributed by atoms with Crippen molar-refractivity contribution in [3.8, 4) is 0 Å². The summed E-state index contributed by atoms with van der Waals surface area (Å²) in [6.07, 6.45) is 6.92. The Kier molecular flexibility index (Phi) is 5.16. The Morgan fingerprint density at radius 2 is 2.14 bits per heavy atom. The number of carbonyl (C=O) groups is 2. The second-order valence-corrected chi connectivity index (χ2v) is 7.21. The third kappa shape index (κ3) is 3.92. The Morgan fingerprint density at radius 3 is 2.97 bits per heavy atom. The van der Waals surface area contributed by atoms with Crippen LogP contribution in [0.3, 0.4) is 0 Å². The zero-order chi connectivity index (χ0) is 20.4. The number of amides is 2. The van der Waals surface area contributed by atoms with Gasteiger partial charge in [-0.2, -0.15) is 0 Å². The van der Waals surface area contributed by atoms with Crippen molar-refractivity contribution in [1.29, 1.82) is 0 Å². The molecule has 29 heavy (non-hydrogen) atoms. The molecule has 148 valence electrons. The van der Waals surface area contributed by atoms with Crippen molar-refractivity contribution < 1.29 is 14.0 Å². The van der Waals surface area contributed by atoms with E-state index in [-0.39, 0.29) is 11.8 Å². The van der Waals surface area contributed by atoms with E-state index in [1.54, 1.807) is 30.3 Å². The molecule has 0 fully saturated rings. The van der Waals surface area contributed by atoms with E-state index in [4.69, 9.17) is 4.42 Å². The van der Waals surface area contributed by atoms with E-state index in [1.807, 2.05) is 24.3 Å². The van der Waals surface area contributed by atoms with Crippen LogP contribution in [0.2, 0.25) is 0 Å². The topological polar surface area (TPSA) is 75.4 Å². The van der Waals surface area contributed by atoms with Crippen molar-refractivity contribution in [3.05, 3.63) is 65.1 Å². The standard InChI is InChI=1S/C23H23N3O3/c1-3-17-18-6-4-5-7-19(18)29-20(17)14-26(2)22(28)11-8-15-12-16-9-10-21(27)25-23(16)24-13-15/h4-8,11-13H,3,9-10,14H2,1-2H3,(H,24,25,27)/b11-8+. The van der Waals surface area contributed by atoms with Gasteiger partial charge in [-0.3, -0.25) is 9.59 Å². The summed E-state index contributed by atoms with van der Waals surface area (Å²) in [4.78, 5) is 29.9. The van der Waals surface area contributed by atoms with Gasteiger partial charge in [0.1, 0.15) is 17.2 Å². The van der Waals surface area contributed by atoms with Crippen molar-refractivity contribution in [2.45, 2.75) is 32.7 Å². The lowest BCUT2D eigenvalue weighted by molar-refractivity contribution is -0.125. The van der Waals surface area contributed by atoms with E-state index in [9.17, 15) is 9.59 Å². The zero-order valence-electron chi connectivity index (χ0n) is 16.6. The van der Waals surface area contributed by atoms with Gasteiger partial charge in [0.2, 0.25) is 11.8 Å². The minimum atomic E-state index is -0.112. The number of aryl methyl sites for hydroxylation is 2. The van der Waals surface area contributed by atoms with E-state index in [0.29, 0.717) is 25.2 Å². The number of fused-ring (bicyclic) bond motifs is 2. The number of nitrogens with one attached hydrogen (secondary N) is 1. The number of para-hydroxylation sites is 1. The van der Waals surface area contributed by atoms with Crippen LogP contribution in [-0.4, -0.2) is 28.7 Å². The van der Waals surface area contributed by atoms with Gasteiger partial charge < -0.3 is 14.6 Å². The third-order valence-electron chi connectivity index (χ3n) is 5.18. The van der Waals surface area contributed by atoms with E-state index in [1.165, 1.54) is 0 Å². The summed E-state index contributed by atoms with van der Waals surface area (Å²) in [5, 5.41) is 3.86. The van der Waals surface area contributed by atoms with Crippen LogP contribution in [0.25, 0.3) is 17.0 Å². The summed E-state index contributed by atoms with van der Waals surface area (Å²) in [6, 6.07) is 9.90. The average molecular weight is 389 g/mol. The average Bonchev–Trinajstić information content (AvgIpc) is 3.08. The van der Waals surface area contributed by atoms with Crippen LogP contribution in [0.5, 0.6) is 0 Å². The third-order valence-corrected chi connectivity index (χ3v) is 5.18. The predicted octanol–water partition coefficient (Wildman–Crippen LogP) is 3.95. The van der Waals surface area contributed by atoms with Gasteiger partial charge in [0.15, 0.2) is 0 Å². The van der Waals surface area contributed by atoms with E-state index >= 15 is 0 Å². The highest BCUT2D eigenvalue weighted by molar-refractivity contribution is 5.94. The lowest BCUT2D eigenvalue weighted by Crippen LogP contribution is -2.24. The number of benzene rings is 1. The fourth-order valence-electron chi connectivity index (χ4n) is 3.62. The fraction of sp³-hybridized carbons (Fsp3) is 0.261. The normalized spacial score (nSPS) is 13.5. The molecule has 0 spiro atoms. The summed E-state index contributed by atoms with van der Waals surface area (Å²) in [6.45, 7) is 2.50.